The third-order valence-electron chi connectivity index (χ3n) is 3.56. The number of hydrogen-bond donors (Lipinski definition) is 1. The summed E-state index contributed by atoms with van der Waals surface area (Å²) in [6.45, 7) is 0.741. The van der Waals surface area contributed by atoms with Crippen LogP contribution >= 0.6 is 11.6 Å². The highest BCUT2D eigenvalue weighted by Gasteiger charge is 2.17. The van der Waals surface area contributed by atoms with E-state index in [4.69, 9.17) is 11.6 Å². The fraction of sp³-hybridized carbons (Fsp3) is 0.429. The molecule has 2 aromatic rings. The Kier molecular flexibility index (Phi) is 3.53. The largest absolute Gasteiger partial charge is 0.316 e. The van der Waals surface area contributed by atoms with Gasteiger partial charge in [-0.15, -0.1) is 0 Å². The van der Waals surface area contributed by atoms with Crippen LogP contribution in [0.5, 0.6) is 0 Å². The molecule has 1 N–H and O–H groups in total. The van der Waals surface area contributed by atoms with Gasteiger partial charge in [0, 0.05) is 18.4 Å². The van der Waals surface area contributed by atoms with E-state index >= 15 is 0 Å². The maximum atomic E-state index is 6.15. The summed E-state index contributed by atoms with van der Waals surface area (Å²) in [6, 6.07) is 2.04. The average molecular weight is 277 g/mol. The number of aryl methyl sites for hydroxylation is 1. The van der Waals surface area contributed by atoms with Gasteiger partial charge in [0.05, 0.1) is 10.7 Å². The Hall–Kier alpha value is -1.39. The van der Waals surface area contributed by atoms with E-state index in [9.17, 15) is 0 Å². The zero-order valence-corrected chi connectivity index (χ0v) is 11.7. The second-order valence-corrected chi connectivity index (χ2v) is 5.29. The molecule has 4 nitrogen and oxygen atoms in total. The Balaban J connectivity index is 2.02. The van der Waals surface area contributed by atoms with Crippen LogP contribution in [-0.4, -0.2) is 21.6 Å². The van der Waals surface area contributed by atoms with Gasteiger partial charge < -0.3 is 5.32 Å². The highest BCUT2D eigenvalue weighted by molar-refractivity contribution is 6.31. The topological polar surface area (TPSA) is 42.7 Å². The fourth-order valence-electron chi connectivity index (χ4n) is 2.59. The highest BCUT2D eigenvalue weighted by atomic mass is 35.5. The smallest absolute Gasteiger partial charge is 0.138 e. The minimum atomic E-state index is 0.701. The first kappa shape index (κ1) is 12.6. The third-order valence-corrected chi connectivity index (χ3v) is 3.90. The normalized spacial score (nSPS) is 14.4. The van der Waals surface area contributed by atoms with Gasteiger partial charge >= 0.3 is 0 Å². The predicted molar refractivity (Wildman–Crippen MR) is 75.8 cm³/mol. The van der Waals surface area contributed by atoms with E-state index in [1.165, 1.54) is 24.2 Å². The molecule has 0 bridgehead atoms. The van der Waals surface area contributed by atoms with Crippen molar-refractivity contribution in [2.75, 3.05) is 7.05 Å². The first-order chi connectivity index (χ1) is 9.29. The lowest BCUT2D eigenvalue weighted by molar-refractivity contribution is 0.654. The van der Waals surface area contributed by atoms with Crippen molar-refractivity contribution >= 4 is 11.6 Å². The molecule has 2 aromatic heterocycles. The number of pyridine rings is 1. The lowest BCUT2D eigenvalue weighted by Crippen LogP contribution is -2.10. The summed E-state index contributed by atoms with van der Waals surface area (Å²) < 4.78 is 2.10. The third kappa shape index (κ3) is 2.38. The fourth-order valence-corrected chi connectivity index (χ4v) is 2.76. The van der Waals surface area contributed by atoms with Crippen molar-refractivity contribution in [3.63, 3.8) is 0 Å². The van der Waals surface area contributed by atoms with Crippen LogP contribution in [-0.2, 0) is 19.4 Å². The van der Waals surface area contributed by atoms with Crippen LogP contribution in [0.4, 0.5) is 0 Å². The molecule has 0 unspecified atom stereocenters. The molecule has 0 fully saturated rings. The molecular formula is C14H17ClN4. The van der Waals surface area contributed by atoms with Gasteiger partial charge in [-0.2, -0.15) is 0 Å². The van der Waals surface area contributed by atoms with Crippen molar-refractivity contribution in [1.82, 2.24) is 19.9 Å². The number of halogens is 1. The van der Waals surface area contributed by atoms with Crippen LogP contribution in [0.2, 0.25) is 5.02 Å². The van der Waals surface area contributed by atoms with E-state index in [2.05, 4.69) is 19.9 Å². The number of nitrogens with zero attached hydrogens (tertiary/aromatic N) is 3. The summed E-state index contributed by atoms with van der Waals surface area (Å²) in [6.07, 6.45) is 8.24. The molecule has 3 rings (SSSR count). The Bertz CT molecular complexity index is 591. The Morgan fingerprint density at radius 3 is 3.00 bits per heavy atom. The molecule has 0 aliphatic heterocycles. The van der Waals surface area contributed by atoms with Crippen molar-refractivity contribution in [1.29, 1.82) is 0 Å². The molecule has 0 amide bonds. The van der Waals surface area contributed by atoms with E-state index < -0.39 is 0 Å². The Morgan fingerprint density at radius 1 is 1.32 bits per heavy atom. The quantitative estimate of drug-likeness (QED) is 0.937. The van der Waals surface area contributed by atoms with Crippen LogP contribution in [0.1, 0.15) is 29.8 Å². The maximum absolute atomic E-state index is 6.15. The standard InChI is InChI=1S/C14H17ClN4/c1-16-7-10-6-14(17-8-11(10)15)19-9-18-12-4-2-3-5-13(12)19/h6,8-9,16H,2-5,7H2,1H3. The van der Waals surface area contributed by atoms with Gasteiger partial charge in [-0.1, -0.05) is 11.6 Å². The van der Waals surface area contributed by atoms with Crippen molar-refractivity contribution in [2.45, 2.75) is 32.2 Å². The molecule has 5 heteroatoms. The van der Waals surface area contributed by atoms with Crippen molar-refractivity contribution < 1.29 is 0 Å². The zero-order valence-electron chi connectivity index (χ0n) is 11.0. The molecule has 0 atom stereocenters. The summed E-state index contributed by atoms with van der Waals surface area (Å²) >= 11 is 6.15. The number of fused-ring (bicyclic) bond motifs is 1. The monoisotopic (exact) mass is 276 g/mol. The molecule has 2 heterocycles. The average Bonchev–Trinajstić information content (AvgIpc) is 2.85. The SMILES string of the molecule is CNCc1cc(-n2cnc3c2CCCC3)ncc1Cl. The lowest BCUT2D eigenvalue weighted by atomic mass is 10.0. The van der Waals surface area contributed by atoms with Crippen LogP contribution < -0.4 is 5.32 Å². The van der Waals surface area contributed by atoms with Crippen LogP contribution in [0, 0.1) is 0 Å². The van der Waals surface area contributed by atoms with Crippen molar-refractivity contribution in [3.8, 4) is 5.82 Å². The molecule has 0 radical (unpaired) electrons. The van der Waals surface area contributed by atoms with E-state index in [0.717, 1.165) is 30.8 Å². The molecule has 0 saturated heterocycles. The van der Waals surface area contributed by atoms with Gasteiger partial charge in [0.1, 0.15) is 12.1 Å². The number of hydrogen-bond acceptors (Lipinski definition) is 3. The molecule has 19 heavy (non-hydrogen) atoms. The van der Waals surface area contributed by atoms with E-state index in [0.29, 0.717) is 5.02 Å². The molecule has 0 saturated carbocycles. The maximum Gasteiger partial charge on any atom is 0.138 e. The molecular weight excluding hydrogens is 260 g/mol. The molecule has 100 valence electrons. The Labute approximate surface area is 117 Å². The van der Waals surface area contributed by atoms with Crippen LogP contribution in [0.3, 0.4) is 0 Å². The summed E-state index contributed by atoms with van der Waals surface area (Å²) in [5.41, 5.74) is 3.59. The molecule has 0 spiro atoms. The number of nitrogens with one attached hydrogen (secondary N) is 1. The van der Waals surface area contributed by atoms with Gasteiger partial charge in [-0.05, 0) is 44.4 Å². The summed E-state index contributed by atoms with van der Waals surface area (Å²) in [5.74, 6) is 0.908. The lowest BCUT2D eigenvalue weighted by Gasteiger charge is -2.14. The van der Waals surface area contributed by atoms with Gasteiger partial charge in [-0.25, -0.2) is 9.97 Å². The molecule has 0 aromatic carbocycles. The van der Waals surface area contributed by atoms with Gasteiger partial charge in [0.2, 0.25) is 0 Å². The second-order valence-electron chi connectivity index (χ2n) is 4.88. The van der Waals surface area contributed by atoms with Crippen LogP contribution in [0.25, 0.3) is 5.82 Å². The summed E-state index contributed by atoms with van der Waals surface area (Å²) in [7, 11) is 1.91. The summed E-state index contributed by atoms with van der Waals surface area (Å²) in [5, 5.41) is 3.82. The first-order valence-electron chi connectivity index (χ1n) is 6.64. The van der Waals surface area contributed by atoms with E-state index in [1.54, 1.807) is 6.20 Å². The second kappa shape index (κ2) is 5.31. The molecule has 1 aliphatic rings. The summed E-state index contributed by atoms with van der Waals surface area (Å²) in [4.78, 5) is 8.94. The van der Waals surface area contributed by atoms with Gasteiger partial charge in [-0.3, -0.25) is 4.57 Å². The van der Waals surface area contributed by atoms with Gasteiger partial charge in [0.25, 0.3) is 0 Å². The highest BCUT2D eigenvalue weighted by Crippen LogP contribution is 2.24. The minimum absolute atomic E-state index is 0.701. The zero-order chi connectivity index (χ0) is 13.2. The number of aromatic nitrogens is 3. The predicted octanol–water partition coefficient (Wildman–Crippen LogP) is 2.52. The first-order valence-corrected chi connectivity index (χ1v) is 7.02. The number of imidazole rings is 1. The van der Waals surface area contributed by atoms with E-state index in [1.807, 2.05) is 19.4 Å². The van der Waals surface area contributed by atoms with Crippen LogP contribution in [0.15, 0.2) is 18.6 Å². The van der Waals surface area contributed by atoms with Crippen molar-refractivity contribution in [3.05, 3.63) is 40.6 Å². The Morgan fingerprint density at radius 2 is 2.16 bits per heavy atom. The minimum Gasteiger partial charge on any atom is -0.316 e. The van der Waals surface area contributed by atoms with E-state index in [-0.39, 0.29) is 0 Å². The molecule has 1 aliphatic carbocycles. The van der Waals surface area contributed by atoms with Gasteiger partial charge in [0.15, 0.2) is 0 Å². The van der Waals surface area contributed by atoms with Crippen molar-refractivity contribution in [2.24, 2.45) is 0 Å². The number of rotatable bonds is 3.